The largest absolute Gasteiger partial charge is 0.322 e. The maximum absolute atomic E-state index is 13.8. The van der Waals surface area contributed by atoms with Crippen molar-refractivity contribution in [1.82, 2.24) is 4.98 Å². The van der Waals surface area contributed by atoms with Crippen LogP contribution in [-0.4, -0.2) is 10.9 Å². The number of nitrogens with one attached hydrogen (secondary N) is 1. The molecule has 1 amide bonds. The summed E-state index contributed by atoms with van der Waals surface area (Å²) in [6.45, 7) is 0. The predicted molar refractivity (Wildman–Crippen MR) is 83.8 cm³/mol. The molecule has 0 fully saturated rings. The average Bonchev–Trinajstić information content (AvgIpc) is 2.47. The molecule has 3 rings (SSSR count). The van der Waals surface area contributed by atoms with Crippen molar-refractivity contribution >= 4 is 38.4 Å². The zero-order valence-corrected chi connectivity index (χ0v) is 12.4. The van der Waals surface area contributed by atoms with Crippen LogP contribution in [0.15, 0.2) is 59.2 Å². The average molecular weight is 345 g/mol. The van der Waals surface area contributed by atoms with E-state index in [1.165, 1.54) is 12.1 Å². The number of nitrogens with zero attached hydrogens (tertiary/aromatic N) is 1. The van der Waals surface area contributed by atoms with Gasteiger partial charge in [0.25, 0.3) is 5.91 Å². The van der Waals surface area contributed by atoms with E-state index in [9.17, 15) is 9.18 Å². The Kier molecular flexibility index (Phi) is 3.66. The summed E-state index contributed by atoms with van der Waals surface area (Å²) in [5.74, 6) is -1.06. The molecule has 0 spiro atoms. The second-order valence-electron chi connectivity index (χ2n) is 4.46. The first-order valence-corrected chi connectivity index (χ1v) is 7.04. The SMILES string of the molecule is O=C(Nc1ccc2ncccc2c1)c1c(F)cccc1Br. The molecule has 0 unspecified atom stereocenters. The first-order valence-electron chi connectivity index (χ1n) is 6.25. The van der Waals surface area contributed by atoms with E-state index in [4.69, 9.17) is 0 Å². The molecule has 5 heteroatoms. The molecule has 3 aromatic rings. The number of hydrogen-bond acceptors (Lipinski definition) is 2. The van der Waals surface area contributed by atoms with Gasteiger partial charge in [-0.25, -0.2) is 4.39 Å². The van der Waals surface area contributed by atoms with Crippen LogP contribution >= 0.6 is 15.9 Å². The molecule has 0 atom stereocenters. The van der Waals surface area contributed by atoms with Crippen LogP contribution in [0.2, 0.25) is 0 Å². The quantitative estimate of drug-likeness (QED) is 0.749. The third-order valence-electron chi connectivity index (χ3n) is 3.05. The van der Waals surface area contributed by atoms with Crippen molar-refractivity contribution in [3.05, 3.63) is 70.6 Å². The fraction of sp³-hybridized carbons (Fsp3) is 0. The van der Waals surface area contributed by atoms with Crippen molar-refractivity contribution in [2.75, 3.05) is 5.32 Å². The third kappa shape index (κ3) is 2.78. The maximum atomic E-state index is 13.8. The normalized spacial score (nSPS) is 10.6. The Bertz CT molecular complexity index is 815. The minimum absolute atomic E-state index is 0.0104. The predicted octanol–water partition coefficient (Wildman–Crippen LogP) is 4.39. The van der Waals surface area contributed by atoms with Crippen molar-refractivity contribution in [2.24, 2.45) is 0 Å². The van der Waals surface area contributed by atoms with Crippen LogP contribution in [0.25, 0.3) is 10.9 Å². The molecule has 0 aliphatic rings. The van der Waals surface area contributed by atoms with Gasteiger partial charge in [0.05, 0.1) is 11.1 Å². The molecular formula is C16H10BrFN2O. The van der Waals surface area contributed by atoms with Crippen LogP contribution in [0.3, 0.4) is 0 Å². The zero-order valence-electron chi connectivity index (χ0n) is 10.8. The first-order chi connectivity index (χ1) is 10.1. The Morgan fingerprint density at radius 2 is 2.00 bits per heavy atom. The minimum Gasteiger partial charge on any atom is -0.322 e. The van der Waals surface area contributed by atoms with E-state index in [0.717, 1.165) is 10.9 Å². The van der Waals surface area contributed by atoms with Gasteiger partial charge in [0.2, 0.25) is 0 Å². The molecule has 0 bridgehead atoms. The number of hydrogen-bond donors (Lipinski definition) is 1. The van der Waals surface area contributed by atoms with Gasteiger partial charge in [-0.3, -0.25) is 9.78 Å². The van der Waals surface area contributed by atoms with E-state index < -0.39 is 11.7 Å². The molecule has 1 N–H and O–H groups in total. The first kappa shape index (κ1) is 13.7. The van der Waals surface area contributed by atoms with Crippen LogP contribution in [0.5, 0.6) is 0 Å². The third-order valence-corrected chi connectivity index (χ3v) is 3.71. The molecule has 104 valence electrons. The Morgan fingerprint density at radius 1 is 1.14 bits per heavy atom. The van der Waals surface area contributed by atoms with Crippen LogP contribution in [0.4, 0.5) is 10.1 Å². The topological polar surface area (TPSA) is 42.0 Å². The molecule has 2 aromatic carbocycles. The van der Waals surface area contributed by atoms with E-state index in [0.29, 0.717) is 10.2 Å². The summed E-state index contributed by atoms with van der Waals surface area (Å²) >= 11 is 3.19. The summed E-state index contributed by atoms with van der Waals surface area (Å²) in [7, 11) is 0. The summed E-state index contributed by atoms with van der Waals surface area (Å²) in [4.78, 5) is 16.4. The number of carbonyl (C=O) groups excluding carboxylic acids is 1. The highest BCUT2D eigenvalue weighted by molar-refractivity contribution is 9.10. The van der Waals surface area contributed by atoms with Crippen LogP contribution in [-0.2, 0) is 0 Å². The van der Waals surface area contributed by atoms with Crippen LogP contribution in [0.1, 0.15) is 10.4 Å². The highest BCUT2D eigenvalue weighted by Crippen LogP contribution is 2.22. The van der Waals surface area contributed by atoms with Crippen molar-refractivity contribution in [3.63, 3.8) is 0 Å². The molecule has 1 aromatic heterocycles. The van der Waals surface area contributed by atoms with E-state index in [1.54, 1.807) is 30.5 Å². The number of rotatable bonds is 2. The van der Waals surface area contributed by atoms with Crippen molar-refractivity contribution in [3.8, 4) is 0 Å². The van der Waals surface area contributed by atoms with Crippen LogP contribution in [0, 0.1) is 5.82 Å². The number of aromatic nitrogens is 1. The van der Waals surface area contributed by atoms with E-state index in [2.05, 4.69) is 26.2 Å². The molecule has 1 heterocycles. The number of fused-ring (bicyclic) bond motifs is 1. The van der Waals surface area contributed by atoms with Crippen molar-refractivity contribution in [2.45, 2.75) is 0 Å². The van der Waals surface area contributed by atoms with E-state index in [-0.39, 0.29) is 5.56 Å². The summed E-state index contributed by atoms with van der Waals surface area (Å²) in [5, 5.41) is 3.60. The minimum atomic E-state index is -0.565. The summed E-state index contributed by atoms with van der Waals surface area (Å²) in [6.07, 6.45) is 1.71. The van der Waals surface area contributed by atoms with Gasteiger partial charge in [0.15, 0.2) is 0 Å². The summed E-state index contributed by atoms with van der Waals surface area (Å²) in [5.41, 5.74) is 1.42. The highest BCUT2D eigenvalue weighted by atomic mass is 79.9. The van der Waals surface area contributed by atoms with Gasteiger partial charge in [-0.15, -0.1) is 0 Å². The molecule has 0 saturated heterocycles. The van der Waals surface area contributed by atoms with Gasteiger partial charge >= 0.3 is 0 Å². The summed E-state index contributed by atoms with van der Waals surface area (Å²) < 4.78 is 14.2. The van der Waals surface area contributed by atoms with Crippen molar-refractivity contribution in [1.29, 1.82) is 0 Å². The number of carbonyl (C=O) groups is 1. The zero-order chi connectivity index (χ0) is 14.8. The number of anilines is 1. The molecule has 0 saturated carbocycles. The van der Waals surface area contributed by atoms with Gasteiger partial charge in [-0.2, -0.15) is 0 Å². The molecular weight excluding hydrogens is 335 g/mol. The van der Waals surface area contributed by atoms with Gasteiger partial charge < -0.3 is 5.32 Å². The molecule has 21 heavy (non-hydrogen) atoms. The Hall–Kier alpha value is -2.27. The van der Waals surface area contributed by atoms with Crippen LogP contribution < -0.4 is 5.32 Å². The van der Waals surface area contributed by atoms with Gasteiger partial charge in [-0.1, -0.05) is 12.1 Å². The number of benzene rings is 2. The lowest BCUT2D eigenvalue weighted by atomic mass is 10.1. The highest BCUT2D eigenvalue weighted by Gasteiger charge is 2.15. The second kappa shape index (κ2) is 5.61. The summed E-state index contributed by atoms with van der Waals surface area (Å²) in [6, 6.07) is 13.5. The van der Waals surface area contributed by atoms with Gasteiger partial charge in [0, 0.05) is 21.7 Å². The van der Waals surface area contributed by atoms with E-state index >= 15 is 0 Å². The Balaban J connectivity index is 1.93. The van der Waals surface area contributed by atoms with Gasteiger partial charge in [-0.05, 0) is 52.3 Å². The molecule has 0 radical (unpaired) electrons. The monoisotopic (exact) mass is 344 g/mol. The molecule has 0 aliphatic heterocycles. The lowest BCUT2D eigenvalue weighted by Crippen LogP contribution is -2.14. The number of amides is 1. The Morgan fingerprint density at radius 3 is 2.81 bits per heavy atom. The van der Waals surface area contributed by atoms with Gasteiger partial charge in [0.1, 0.15) is 5.82 Å². The smallest absolute Gasteiger partial charge is 0.259 e. The fourth-order valence-electron chi connectivity index (χ4n) is 2.06. The van der Waals surface area contributed by atoms with E-state index in [1.807, 2.05) is 12.1 Å². The molecule has 3 nitrogen and oxygen atoms in total. The fourth-order valence-corrected chi connectivity index (χ4v) is 2.58. The standard InChI is InChI=1S/C16H10BrFN2O/c17-12-4-1-5-13(18)15(12)16(21)20-11-6-7-14-10(9-11)3-2-8-19-14/h1-9H,(H,20,21). The molecule has 0 aliphatic carbocycles. The lowest BCUT2D eigenvalue weighted by molar-refractivity contribution is 0.102. The number of pyridine rings is 1. The lowest BCUT2D eigenvalue weighted by Gasteiger charge is -2.08. The Labute approximate surface area is 128 Å². The number of halogens is 2. The maximum Gasteiger partial charge on any atom is 0.259 e. The van der Waals surface area contributed by atoms with Crippen molar-refractivity contribution < 1.29 is 9.18 Å². The second-order valence-corrected chi connectivity index (χ2v) is 5.32.